The molecule has 0 aromatic heterocycles. The molecule has 34 heavy (non-hydrogen) atoms. The maximum absolute atomic E-state index is 13.5. The molecule has 1 aliphatic rings. The highest BCUT2D eigenvalue weighted by Gasteiger charge is 2.28. The summed E-state index contributed by atoms with van der Waals surface area (Å²) >= 11 is 3.39. The average molecular weight is 542 g/mol. The van der Waals surface area contributed by atoms with Crippen molar-refractivity contribution in [2.75, 3.05) is 10.8 Å². The fourth-order valence-corrected chi connectivity index (χ4v) is 6.11. The molecule has 0 aliphatic heterocycles. The second-order valence-electron chi connectivity index (χ2n) is 8.56. The van der Waals surface area contributed by atoms with Crippen LogP contribution in [0.25, 0.3) is 0 Å². The monoisotopic (exact) mass is 540 g/mol. The first kappa shape index (κ1) is 24.5. The Hall–Kier alpha value is -2.64. The van der Waals surface area contributed by atoms with Crippen molar-refractivity contribution in [3.63, 3.8) is 0 Å². The van der Waals surface area contributed by atoms with E-state index in [-0.39, 0.29) is 23.4 Å². The van der Waals surface area contributed by atoms with E-state index in [1.807, 2.05) is 6.92 Å². The molecule has 1 amide bonds. The Morgan fingerprint density at radius 1 is 0.971 bits per heavy atom. The van der Waals surface area contributed by atoms with Gasteiger partial charge >= 0.3 is 0 Å². The zero-order valence-corrected chi connectivity index (χ0v) is 21.6. The molecule has 0 saturated heterocycles. The number of nitrogens with one attached hydrogen (secondary N) is 1. The third-order valence-electron chi connectivity index (χ3n) is 6.25. The molecule has 3 aromatic rings. The maximum atomic E-state index is 13.5. The molecular weight excluding hydrogens is 512 g/mol. The fraction of sp³-hybridized carbons (Fsp3) is 0.296. The fourth-order valence-electron chi connectivity index (χ4n) is 4.40. The highest BCUT2D eigenvalue weighted by Crippen LogP contribution is 2.27. The maximum Gasteiger partial charge on any atom is 0.264 e. The van der Waals surface area contributed by atoms with Gasteiger partial charge in [-0.2, -0.15) is 0 Å². The SMILES string of the molecule is CC[C@H](NC(=O)CN(c1ccc(Br)cc1)S(=O)(=O)c1ccccc1)c1ccc2c(c1)CCCC2. The molecule has 0 saturated carbocycles. The van der Waals surface area contributed by atoms with Crippen molar-refractivity contribution < 1.29 is 13.2 Å². The molecule has 7 heteroatoms. The van der Waals surface area contributed by atoms with Crippen molar-refractivity contribution in [1.29, 1.82) is 0 Å². The third kappa shape index (κ3) is 5.53. The van der Waals surface area contributed by atoms with Gasteiger partial charge in [-0.15, -0.1) is 0 Å². The summed E-state index contributed by atoms with van der Waals surface area (Å²) in [4.78, 5) is 13.3. The lowest BCUT2D eigenvalue weighted by atomic mass is 9.89. The molecule has 0 fully saturated rings. The van der Waals surface area contributed by atoms with E-state index in [9.17, 15) is 13.2 Å². The lowest BCUT2D eigenvalue weighted by molar-refractivity contribution is -0.120. The number of carbonyl (C=O) groups is 1. The number of anilines is 1. The molecule has 5 nitrogen and oxygen atoms in total. The number of hydrogen-bond acceptors (Lipinski definition) is 3. The van der Waals surface area contributed by atoms with Gasteiger partial charge in [0.15, 0.2) is 0 Å². The van der Waals surface area contributed by atoms with E-state index < -0.39 is 10.0 Å². The molecule has 0 unspecified atom stereocenters. The van der Waals surface area contributed by atoms with Crippen LogP contribution in [0.4, 0.5) is 5.69 Å². The summed E-state index contributed by atoms with van der Waals surface area (Å²) in [6.07, 6.45) is 5.31. The van der Waals surface area contributed by atoms with Gasteiger partial charge in [-0.05, 0) is 85.2 Å². The van der Waals surface area contributed by atoms with Crippen molar-refractivity contribution in [3.05, 3.63) is 94.0 Å². The van der Waals surface area contributed by atoms with Crippen molar-refractivity contribution in [2.24, 2.45) is 0 Å². The van der Waals surface area contributed by atoms with Gasteiger partial charge in [0.25, 0.3) is 10.0 Å². The van der Waals surface area contributed by atoms with Crippen molar-refractivity contribution in [1.82, 2.24) is 5.32 Å². The second-order valence-corrected chi connectivity index (χ2v) is 11.3. The largest absolute Gasteiger partial charge is 0.348 e. The van der Waals surface area contributed by atoms with Crippen LogP contribution >= 0.6 is 15.9 Å². The van der Waals surface area contributed by atoms with Crippen molar-refractivity contribution >= 4 is 37.5 Å². The molecule has 178 valence electrons. The normalized spacial score (nSPS) is 14.2. The van der Waals surface area contributed by atoms with E-state index in [0.29, 0.717) is 12.1 Å². The minimum Gasteiger partial charge on any atom is -0.348 e. The quantitative estimate of drug-likeness (QED) is 0.393. The second kappa shape index (κ2) is 10.7. The number of amides is 1. The Morgan fingerprint density at radius 3 is 2.32 bits per heavy atom. The van der Waals surface area contributed by atoms with E-state index in [4.69, 9.17) is 0 Å². The number of fused-ring (bicyclic) bond motifs is 1. The van der Waals surface area contributed by atoms with Gasteiger partial charge in [-0.3, -0.25) is 9.10 Å². The van der Waals surface area contributed by atoms with Crippen LogP contribution in [0.3, 0.4) is 0 Å². The molecule has 1 aliphatic carbocycles. The summed E-state index contributed by atoms with van der Waals surface area (Å²) in [6.45, 7) is 1.72. The van der Waals surface area contributed by atoms with Gasteiger partial charge in [0.1, 0.15) is 6.54 Å². The zero-order valence-electron chi connectivity index (χ0n) is 19.2. The number of nitrogens with zero attached hydrogens (tertiary/aromatic N) is 1. The zero-order chi connectivity index (χ0) is 24.1. The van der Waals surface area contributed by atoms with Gasteiger partial charge in [0.2, 0.25) is 5.91 Å². The smallest absolute Gasteiger partial charge is 0.264 e. The van der Waals surface area contributed by atoms with Gasteiger partial charge < -0.3 is 5.32 Å². The van der Waals surface area contributed by atoms with Crippen molar-refractivity contribution in [3.8, 4) is 0 Å². The number of rotatable bonds is 8. The molecule has 0 heterocycles. The molecule has 0 radical (unpaired) electrons. The average Bonchev–Trinajstić information content (AvgIpc) is 2.86. The van der Waals surface area contributed by atoms with Gasteiger partial charge in [-0.25, -0.2) is 8.42 Å². The number of carbonyl (C=O) groups excluding carboxylic acids is 1. The van der Waals surface area contributed by atoms with Gasteiger partial charge in [0.05, 0.1) is 16.6 Å². The van der Waals surface area contributed by atoms with Crippen LogP contribution in [0, 0.1) is 0 Å². The molecule has 1 N–H and O–H groups in total. The highest BCUT2D eigenvalue weighted by atomic mass is 79.9. The first-order valence-corrected chi connectivity index (χ1v) is 13.9. The number of benzene rings is 3. The molecule has 1 atom stereocenters. The lowest BCUT2D eigenvalue weighted by Crippen LogP contribution is -2.42. The van der Waals surface area contributed by atoms with Crippen LogP contribution in [0.5, 0.6) is 0 Å². The van der Waals surface area contributed by atoms with Gasteiger partial charge in [0, 0.05) is 4.47 Å². The minimum atomic E-state index is -3.92. The topological polar surface area (TPSA) is 66.5 Å². The van der Waals surface area contributed by atoms with E-state index in [0.717, 1.165) is 22.9 Å². The molecule has 0 spiro atoms. The Kier molecular flexibility index (Phi) is 7.73. The van der Waals surface area contributed by atoms with Crippen LogP contribution in [0.15, 0.2) is 82.2 Å². The first-order chi connectivity index (χ1) is 16.4. The number of halogens is 1. The Bertz CT molecular complexity index is 1240. The van der Waals surface area contributed by atoms with Crippen LogP contribution in [-0.4, -0.2) is 20.9 Å². The number of sulfonamides is 1. The molecule has 4 rings (SSSR count). The van der Waals surface area contributed by atoms with E-state index in [2.05, 4.69) is 39.4 Å². The highest BCUT2D eigenvalue weighted by molar-refractivity contribution is 9.10. The standard InChI is InChI=1S/C27H29BrN2O3S/c1-2-26(22-13-12-20-8-6-7-9-21(20)18-22)29-27(31)19-30(24-16-14-23(28)15-17-24)34(32,33)25-10-4-3-5-11-25/h3-5,10-18,26H,2,6-9,19H2,1H3,(H,29,31)/t26-/m0/s1. The third-order valence-corrected chi connectivity index (χ3v) is 8.57. The summed E-state index contributed by atoms with van der Waals surface area (Å²) in [5.41, 5.74) is 4.26. The lowest BCUT2D eigenvalue weighted by Gasteiger charge is -2.26. The van der Waals surface area contributed by atoms with Crippen LogP contribution in [0.2, 0.25) is 0 Å². The molecule has 0 bridgehead atoms. The molecular formula is C27H29BrN2O3S. The van der Waals surface area contributed by atoms with E-state index >= 15 is 0 Å². The summed E-state index contributed by atoms with van der Waals surface area (Å²) in [7, 11) is -3.92. The number of hydrogen-bond donors (Lipinski definition) is 1. The van der Waals surface area contributed by atoms with Crippen LogP contribution in [0.1, 0.15) is 48.9 Å². The summed E-state index contributed by atoms with van der Waals surface area (Å²) in [5.74, 6) is -0.341. The Labute approximate surface area is 210 Å². The first-order valence-electron chi connectivity index (χ1n) is 11.6. The predicted octanol–water partition coefficient (Wildman–Crippen LogP) is 5.79. The minimum absolute atomic E-state index is 0.146. The summed E-state index contributed by atoms with van der Waals surface area (Å²) < 4.78 is 28.9. The summed E-state index contributed by atoms with van der Waals surface area (Å²) in [6, 6.07) is 21.4. The molecule has 3 aromatic carbocycles. The van der Waals surface area contributed by atoms with Crippen molar-refractivity contribution in [2.45, 2.75) is 50.0 Å². The Morgan fingerprint density at radius 2 is 1.65 bits per heavy atom. The predicted molar refractivity (Wildman–Crippen MR) is 139 cm³/mol. The van der Waals surface area contributed by atoms with Crippen LogP contribution < -0.4 is 9.62 Å². The van der Waals surface area contributed by atoms with Crippen LogP contribution in [-0.2, 0) is 27.7 Å². The van der Waals surface area contributed by atoms with E-state index in [1.165, 1.54) is 28.3 Å². The number of aryl methyl sites for hydroxylation is 2. The van der Waals surface area contributed by atoms with E-state index in [1.54, 1.807) is 54.6 Å². The summed E-state index contributed by atoms with van der Waals surface area (Å²) in [5, 5.41) is 3.07. The Balaban J connectivity index is 1.58. The van der Waals surface area contributed by atoms with Gasteiger partial charge in [-0.1, -0.05) is 59.3 Å².